The van der Waals surface area contributed by atoms with Crippen LogP contribution in [-0.4, -0.2) is 36.5 Å². The maximum Gasteiger partial charge on any atom is 0.237 e. The van der Waals surface area contributed by atoms with Crippen LogP contribution in [0.1, 0.15) is 31.2 Å². The van der Waals surface area contributed by atoms with E-state index >= 15 is 0 Å². The van der Waals surface area contributed by atoms with Crippen molar-refractivity contribution in [2.24, 2.45) is 11.8 Å². The zero-order valence-electron chi connectivity index (χ0n) is 14.6. The molecule has 4 rings (SSSR count). The van der Waals surface area contributed by atoms with Gasteiger partial charge in [0.2, 0.25) is 11.8 Å². The topological polar surface area (TPSA) is 51.1 Å². The van der Waals surface area contributed by atoms with E-state index in [1.807, 2.05) is 24.3 Å². The number of allylic oxidation sites excluding steroid dienone is 2. The molecule has 1 heterocycles. The van der Waals surface area contributed by atoms with Crippen LogP contribution in [0.3, 0.4) is 0 Å². The molecule has 2 fully saturated rings. The predicted octanol–water partition coefficient (Wildman–Crippen LogP) is 1.15. The molecular formula is C20H25N2O3+. The average Bonchev–Trinajstić information content (AvgIpc) is 3.46. The Kier molecular flexibility index (Phi) is 4.34. The number of methoxy groups -OCH3 is 1. The predicted molar refractivity (Wildman–Crippen MR) is 92.8 cm³/mol. The maximum atomic E-state index is 12.7. The molecule has 1 aromatic rings. The summed E-state index contributed by atoms with van der Waals surface area (Å²) in [6.45, 7) is 1.33. The van der Waals surface area contributed by atoms with Gasteiger partial charge in [-0.3, -0.25) is 9.59 Å². The quantitative estimate of drug-likeness (QED) is 0.624. The third-order valence-corrected chi connectivity index (χ3v) is 5.71. The summed E-state index contributed by atoms with van der Waals surface area (Å²) in [5, 5.41) is 0. The molecule has 0 aromatic heterocycles. The van der Waals surface area contributed by atoms with Gasteiger partial charge in [0, 0.05) is 18.4 Å². The smallest absolute Gasteiger partial charge is 0.237 e. The van der Waals surface area contributed by atoms with Crippen molar-refractivity contribution in [3.05, 3.63) is 42.0 Å². The summed E-state index contributed by atoms with van der Waals surface area (Å²) in [7, 11) is 1.66. The SMILES string of the molecule is COc1ccc(C[NH+](CN2C(=O)[C@H]3CC=CC[C@H]3C2=O)C2CC2)cc1. The molecule has 5 heteroatoms. The Balaban J connectivity index is 1.46. The number of imide groups is 1. The number of rotatable bonds is 6. The van der Waals surface area contributed by atoms with Crippen molar-refractivity contribution in [2.75, 3.05) is 13.8 Å². The van der Waals surface area contributed by atoms with Crippen molar-refractivity contribution in [3.8, 4) is 5.75 Å². The highest BCUT2D eigenvalue weighted by Crippen LogP contribution is 2.34. The van der Waals surface area contributed by atoms with Gasteiger partial charge in [-0.1, -0.05) is 12.2 Å². The minimum Gasteiger partial charge on any atom is -0.497 e. The molecule has 1 aromatic carbocycles. The number of quaternary nitrogens is 1. The number of carbonyl (C=O) groups is 2. The van der Waals surface area contributed by atoms with Crippen LogP contribution < -0.4 is 9.64 Å². The van der Waals surface area contributed by atoms with E-state index < -0.39 is 0 Å². The molecule has 0 spiro atoms. The van der Waals surface area contributed by atoms with Crippen molar-refractivity contribution in [1.29, 1.82) is 0 Å². The fourth-order valence-electron chi connectivity index (χ4n) is 4.05. The van der Waals surface area contributed by atoms with E-state index in [-0.39, 0.29) is 23.7 Å². The number of benzene rings is 1. The minimum atomic E-state index is -0.126. The number of likely N-dealkylation sites (tertiary alicyclic amines) is 1. The Hall–Kier alpha value is -2.14. The van der Waals surface area contributed by atoms with Crippen LogP contribution in [0.15, 0.2) is 36.4 Å². The molecule has 3 atom stereocenters. The van der Waals surface area contributed by atoms with E-state index in [0.29, 0.717) is 25.6 Å². The normalized spacial score (nSPS) is 26.7. The molecule has 1 unspecified atom stereocenters. The molecule has 1 N–H and O–H groups in total. The first-order chi connectivity index (χ1) is 12.2. The zero-order valence-corrected chi connectivity index (χ0v) is 14.6. The first-order valence-electron chi connectivity index (χ1n) is 9.15. The highest BCUT2D eigenvalue weighted by atomic mass is 16.5. The minimum absolute atomic E-state index is 0.0345. The second-order valence-corrected chi connectivity index (χ2v) is 7.38. The maximum absolute atomic E-state index is 12.7. The van der Waals surface area contributed by atoms with Gasteiger partial charge in [0.25, 0.3) is 0 Å². The van der Waals surface area contributed by atoms with E-state index in [0.717, 1.165) is 12.3 Å². The summed E-state index contributed by atoms with van der Waals surface area (Å²) in [5.41, 5.74) is 1.21. The van der Waals surface area contributed by atoms with Crippen LogP contribution in [0.5, 0.6) is 5.75 Å². The standard InChI is InChI=1S/C20H24N2O3/c1-25-16-10-6-14(7-11-16)12-21(15-8-9-15)13-22-19(23)17-4-2-3-5-18(17)20(22)24/h2-3,6-7,10-11,15,17-18H,4-5,8-9,12-13H2,1H3/p+1/t17-,18+. The summed E-state index contributed by atoms with van der Waals surface area (Å²) in [6, 6.07) is 8.62. The monoisotopic (exact) mass is 341 g/mol. The van der Waals surface area contributed by atoms with Gasteiger partial charge in [-0.25, -0.2) is 4.90 Å². The number of hydrogen-bond acceptors (Lipinski definition) is 3. The molecule has 132 valence electrons. The number of carbonyl (C=O) groups excluding carboxylic acids is 2. The lowest BCUT2D eigenvalue weighted by atomic mass is 9.85. The van der Waals surface area contributed by atoms with E-state index in [4.69, 9.17) is 4.74 Å². The lowest BCUT2D eigenvalue weighted by molar-refractivity contribution is -0.932. The molecule has 3 aliphatic rings. The van der Waals surface area contributed by atoms with E-state index in [2.05, 4.69) is 12.1 Å². The molecule has 25 heavy (non-hydrogen) atoms. The van der Waals surface area contributed by atoms with Crippen LogP contribution in [-0.2, 0) is 16.1 Å². The van der Waals surface area contributed by atoms with Gasteiger partial charge < -0.3 is 9.64 Å². The fourth-order valence-corrected chi connectivity index (χ4v) is 4.05. The van der Waals surface area contributed by atoms with Gasteiger partial charge in [0.05, 0.1) is 25.0 Å². The lowest BCUT2D eigenvalue weighted by Gasteiger charge is -2.24. The van der Waals surface area contributed by atoms with Crippen LogP contribution in [0.25, 0.3) is 0 Å². The third-order valence-electron chi connectivity index (χ3n) is 5.71. The van der Waals surface area contributed by atoms with Crippen molar-refractivity contribution in [3.63, 3.8) is 0 Å². The third kappa shape index (κ3) is 3.21. The fraction of sp³-hybridized carbons (Fsp3) is 0.500. The molecular weight excluding hydrogens is 316 g/mol. The number of amides is 2. The Labute approximate surface area is 148 Å². The van der Waals surface area contributed by atoms with Crippen molar-refractivity contribution >= 4 is 11.8 Å². The lowest BCUT2D eigenvalue weighted by Crippen LogP contribution is -3.13. The van der Waals surface area contributed by atoms with Crippen LogP contribution >= 0.6 is 0 Å². The summed E-state index contributed by atoms with van der Waals surface area (Å²) in [5.74, 6) is 0.663. The van der Waals surface area contributed by atoms with Crippen molar-refractivity contribution in [2.45, 2.75) is 38.3 Å². The molecule has 1 saturated heterocycles. The molecule has 0 radical (unpaired) electrons. The Morgan fingerprint density at radius 1 is 1.04 bits per heavy atom. The molecule has 1 aliphatic heterocycles. The van der Waals surface area contributed by atoms with Gasteiger partial charge in [0.15, 0.2) is 6.67 Å². The number of hydrogen-bond donors (Lipinski definition) is 1. The molecule has 2 aliphatic carbocycles. The largest absolute Gasteiger partial charge is 0.497 e. The summed E-state index contributed by atoms with van der Waals surface area (Å²) < 4.78 is 5.21. The summed E-state index contributed by atoms with van der Waals surface area (Å²) >= 11 is 0. The summed E-state index contributed by atoms with van der Waals surface area (Å²) in [6.07, 6.45) is 7.86. The van der Waals surface area contributed by atoms with Gasteiger partial charge in [-0.15, -0.1) is 0 Å². The second kappa shape index (κ2) is 6.64. The van der Waals surface area contributed by atoms with Crippen molar-refractivity contribution < 1.29 is 19.2 Å². The number of ether oxygens (including phenoxy) is 1. The molecule has 0 bridgehead atoms. The van der Waals surface area contributed by atoms with Gasteiger partial charge in [-0.2, -0.15) is 0 Å². The van der Waals surface area contributed by atoms with Crippen LogP contribution in [0.2, 0.25) is 0 Å². The Morgan fingerprint density at radius 2 is 1.64 bits per heavy atom. The summed E-state index contributed by atoms with van der Waals surface area (Å²) in [4.78, 5) is 28.3. The molecule has 5 nitrogen and oxygen atoms in total. The van der Waals surface area contributed by atoms with E-state index in [1.165, 1.54) is 23.3 Å². The van der Waals surface area contributed by atoms with Gasteiger partial charge >= 0.3 is 0 Å². The van der Waals surface area contributed by atoms with Crippen LogP contribution in [0.4, 0.5) is 0 Å². The Morgan fingerprint density at radius 3 is 2.16 bits per heavy atom. The average molecular weight is 341 g/mol. The molecule has 2 amide bonds. The van der Waals surface area contributed by atoms with E-state index in [1.54, 1.807) is 12.0 Å². The highest BCUT2D eigenvalue weighted by Gasteiger charge is 2.49. The number of nitrogens with one attached hydrogen (secondary N) is 1. The second-order valence-electron chi connectivity index (χ2n) is 7.38. The number of fused-ring (bicyclic) bond motifs is 1. The number of nitrogens with zero attached hydrogens (tertiary/aromatic N) is 1. The highest BCUT2D eigenvalue weighted by molar-refractivity contribution is 6.05. The van der Waals surface area contributed by atoms with Crippen molar-refractivity contribution in [1.82, 2.24) is 4.90 Å². The van der Waals surface area contributed by atoms with Crippen LogP contribution in [0, 0.1) is 11.8 Å². The van der Waals surface area contributed by atoms with E-state index in [9.17, 15) is 9.59 Å². The molecule has 1 saturated carbocycles. The van der Waals surface area contributed by atoms with Gasteiger partial charge in [-0.05, 0) is 37.1 Å². The first kappa shape index (κ1) is 16.3. The first-order valence-corrected chi connectivity index (χ1v) is 9.15. The Bertz CT molecular complexity index is 667. The van der Waals surface area contributed by atoms with Gasteiger partial charge in [0.1, 0.15) is 12.3 Å². The zero-order chi connectivity index (χ0) is 17.4.